The van der Waals surface area contributed by atoms with Crippen molar-refractivity contribution in [1.29, 1.82) is 0 Å². The third kappa shape index (κ3) is 3.21. The molecule has 0 aliphatic heterocycles. The zero-order valence-corrected chi connectivity index (χ0v) is 10.2. The van der Waals surface area contributed by atoms with Gasteiger partial charge in [0.15, 0.2) is 0 Å². The third-order valence-corrected chi connectivity index (χ3v) is 2.70. The number of benzene rings is 1. The minimum absolute atomic E-state index is 0.122. The number of carbonyl (C=O) groups is 1. The Bertz CT molecular complexity index is 435. The molecule has 1 aromatic rings. The molecule has 1 aromatic carbocycles. The summed E-state index contributed by atoms with van der Waals surface area (Å²) in [6.45, 7) is 0. The standard InChI is InChI=1S/C8H3ClF4INO/c9-3-1-6(5(14)2-4(3)10)15-7(16)8(11,12)13/h1-2H,(H,15,16). The number of halogens is 6. The predicted molar refractivity (Wildman–Crippen MR) is 58.8 cm³/mol. The number of alkyl halides is 3. The molecule has 0 saturated carbocycles. The molecule has 1 amide bonds. The molecule has 0 spiro atoms. The Hall–Kier alpha value is -0.570. The van der Waals surface area contributed by atoms with Crippen LogP contribution in [0.15, 0.2) is 12.1 Å². The maximum atomic E-state index is 12.9. The SMILES string of the molecule is O=C(Nc1cc(Cl)c(F)cc1I)C(F)(F)F. The topological polar surface area (TPSA) is 29.1 Å². The Kier molecular flexibility index (Phi) is 4.00. The summed E-state index contributed by atoms with van der Waals surface area (Å²) in [5, 5.41) is 1.23. The molecule has 88 valence electrons. The fourth-order valence-electron chi connectivity index (χ4n) is 0.812. The Morgan fingerprint density at radius 2 is 1.94 bits per heavy atom. The minimum atomic E-state index is -5.00. The number of hydrogen-bond donors (Lipinski definition) is 1. The first-order valence-electron chi connectivity index (χ1n) is 3.74. The molecule has 1 rings (SSSR count). The predicted octanol–water partition coefficient (Wildman–Crippen LogP) is 3.58. The lowest BCUT2D eigenvalue weighted by Gasteiger charge is -2.10. The first kappa shape index (κ1) is 13.5. The van der Waals surface area contributed by atoms with Crippen LogP contribution < -0.4 is 5.32 Å². The molecular weight excluding hydrogens is 364 g/mol. The number of anilines is 1. The monoisotopic (exact) mass is 367 g/mol. The van der Waals surface area contributed by atoms with Crippen LogP contribution in [0.2, 0.25) is 5.02 Å². The summed E-state index contributed by atoms with van der Waals surface area (Å²) in [7, 11) is 0. The summed E-state index contributed by atoms with van der Waals surface area (Å²) in [6, 6.07) is 1.84. The molecular formula is C8H3ClF4INO. The zero-order valence-electron chi connectivity index (χ0n) is 7.33. The lowest BCUT2D eigenvalue weighted by molar-refractivity contribution is -0.167. The number of hydrogen-bond acceptors (Lipinski definition) is 1. The van der Waals surface area contributed by atoms with E-state index >= 15 is 0 Å². The Labute approximate surface area is 106 Å². The highest BCUT2D eigenvalue weighted by Gasteiger charge is 2.39. The second-order valence-corrected chi connectivity index (χ2v) is 4.27. The second-order valence-electron chi connectivity index (χ2n) is 2.70. The molecule has 0 fully saturated rings. The van der Waals surface area contributed by atoms with Gasteiger partial charge in [-0.3, -0.25) is 4.79 Å². The molecule has 0 radical (unpaired) electrons. The first-order chi connectivity index (χ1) is 7.21. The summed E-state index contributed by atoms with van der Waals surface area (Å²) in [5.41, 5.74) is -0.186. The van der Waals surface area contributed by atoms with E-state index in [2.05, 4.69) is 0 Å². The maximum absolute atomic E-state index is 12.9. The fourth-order valence-corrected chi connectivity index (χ4v) is 1.54. The Morgan fingerprint density at radius 3 is 2.44 bits per heavy atom. The van der Waals surface area contributed by atoms with Crippen molar-refractivity contribution in [2.45, 2.75) is 6.18 Å². The van der Waals surface area contributed by atoms with E-state index in [0.29, 0.717) is 0 Å². The van der Waals surface area contributed by atoms with Gasteiger partial charge in [0.1, 0.15) is 5.82 Å². The number of nitrogens with one attached hydrogen (secondary N) is 1. The highest BCUT2D eigenvalue weighted by molar-refractivity contribution is 14.1. The van der Waals surface area contributed by atoms with Crippen molar-refractivity contribution in [3.63, 3.8) is 0 Å². The van der Waals surface area contributed by atoms with Crippen LogP contribution in [0, 0.1) is 9.39 Å². The van der Waals surface area contributed by atoms with E-state index in [9.17, 15) is 22.4 Å². The quantitative estimate of drug-likeness (QED) is 0.459. The van der Waals surface area contributed by atoms with Gasteiger partial charge in [0.25, 0.3) is 0 Å². The minimum Gasteiger partial charge on any atom is -0.317 e. The second kappa shape index (κ2) is 4.74. The van der Waals surface area contributed by atoms with Gasteiger partial charge in [-0.15, -0.1) is 0 Å². The summed E-state index contributed by atoms with van der Waals surface area (Å²) < 4.78 is 48.8. The molecule has 0 bridgehead atoms. The fraction of sp³-hybridized carbons (Fsp3) is 0.125. The van der Waals surface area contributed by atoms with Crippen LogP contribution in [0.5, 0.6) is 0 Å². The Balaban J connectivity index is 2.99. The Morgan fingerprint density at radius 1 is 1.38 bits per heavy atom. The van der Waals surface area contributed by atoms with E-state index in [1.165, 1.54) is 0 Å². The van der Waals surface area contributed by atoms with Crippen LogP contribution in [0.3, 0.4) is 0 Å². The van der Waals surface area contributed by atoms with Gasteiger partial charge in [-0.25, -0.2) is 4.39 Å². The molecule has 0 aliphatic rings. The van der Waals surface area contributed by atoms with Crippen molar-refractivity contribution in [3.8, 4) is 0 Å². The average Bonchev–Trinajstić information content (AvgIpc) is 2.12. The van der Waals surface area contributed by atoms with Gasteiger partial charge >= 0.3 is 12.1 Å². The molecule has 0 aliphatic carbocycles. The number of rotatable bonds is 1. The smallest absolute Gasteiger partial charge is 0.317 e. The van der Waals surface area contributed by atoms with E-state index in [1.54, 1.807) is 27.9 Å². The van der Waals surface area contributed by atoms with Crippen LogP contribution in [-0.4, -0.2) is 12.1 Å². The summed E-state index contributed by atoms with van der Waals surface area (Å²) in [4.78, 5) is 10.6. The van der Waals surface area contributed by atoms with Crippen molar-refractivity contribution in [2.24, 2.45) is 0 Å². The third-order valence-electron chi connectivity index (χ3n) is 1.52. The van der Waals surface area contributed by atoms with E-state index in [4.69, 9.17) is 11.6 Å². The van der Waals surface area contributed by atoms with Crippen LogP contribution in [0.25, 0.3) is 0 Å². The lowest BCUT2D eigenvalue weighted by Crippen LogP contribution is -2.30. The highest BCUT2D eigenvalue weighted by Crippen LogP contribution is 2.27. The van der Waals surface area contributed by atoms with Gasteiger partial charge in [-0.1, -0.05) is 11.6 Å². The number of amides is 1. The van der Waals surface area contributed by atoms with Crippen molar-refractivity contribution in [2.75, 3.05) is 5.32 Å². The van der Waals surface area contributed by atoms with Crippen LogP contribution in [0.1, 0.15) is 0 Å². The van der Waals surface area contributed by atoms with Crippen molar-refractivity contribution in [3.05, 3.63) is 26.5 Å². The highest BCUT2D eigenvalue weighted by atomic mass is 127. The van der Waals surface area contributed by atoms with Crippen molar-refractivity contribution in [1.82, 2.24) is 0 Å². The zero-order chi connectivity index (χ0) is 12.5. The summed E-state index contributed by atoms with van der Waals surface area (Å²) in [5.74, 6) is -2.90. The van der Waals surface area contributed by atoms with E-state index < -0.39 is 17.9 Å². The van der Waals surface area contributed by atoms with E-state index in [0.717, 1.165) is 12.1 Å². The molecule has 1 N–H and O–H groups in total. The molecule has 0 heterocycles. The lowest BCUT2D eigenvalue weighted by atomic mass is 10.3. The normalized spacial score (nSPS) is 11.4. The van der Waals surface area contributed by atoms with Crippen LogP contribution >= 0.6 is 34.2 Å². The van der Waals surface area contributed by atoms with Gasteiger partial charge in [0, 0.05) is 3.57 Å². The van der Waals surface area contributed by atoms with Crippen molar-refractivity contribution < 1.29 is 22.4 Å². The van der Waals surface area contributed by atoms with Gasteiger partial charge in [-0.05, 0) is 34.7 Å². The van der Waals surface area contributed by atoms with E-state index in [1.807, 2.05) is 0 Å². The van der Waals surface area contributed by atoms with Crippen molar-refractivity contribution >= 4 is 45.8 Å². The summed E-state index contributed by atoms with van der Waals surface area (Å²) in [6.07, 6.45) is -5.00. The molecule has 16 heavy (non-hydrogen) atoms. The molecule has 0 atom stereocenters. The van der Waals surface area contributed by atoms with Crippen LogP contribution in [0.4, 0.5) is 23.2 Å². The van der Waals surface area contributed by atoms with E-state index in [-0.39, 0.29) is 14.3 Å². The van der Waals surface area contributed by atoms with Crippen LogP contribution in [-0.2, 0) is 4.79 Å². The maximum Gasteiger partial charge on any atom is 0.471 e. The van der Waals surface area contributed by atoms with Gasteiger partial charge < -0.3 is 5.32 Å². The molecule has 8 heteroatoms. The molecule has 2 nitrogen and oxygen atoms in total. The molecule has 0 unspecified atom stereocenters. The molecule has 0 aromatic heterocycles. The molecule has 0 saturated heterocycles. The van der Waals surface area contributed by atoms with Gasteiger partial charge in [0.2, 0.25) is 0 Å². The summed E-state index contributed by atoms with van der Waals surface area (Å²) >= 11 is 6.96. The van der Waals surface area contributed by atoms with Gasteiger partial charge in [0.05, 0.1) is 10.7 Å². The number of carbonyl (C=O) groups excluding carboxylic acids is 1. The first-order valence-corrected chi connectivity index (χ1v) is 5.20. The van der Waals surface area contributed by atoms with Gasteiger partial charge in [-0.2, -0.15) is 13.2 Å². The largest absolute Gasteiger partial charge is 0.471 e. The average molecular weight is 367 g/mol.